The Morgan fingerprint density at radius 3 is 2.09 bits per heavy atom. The first kappa shape index (κ1) is 17.7. The molecule has 1 atom stereocenters. The Bertz CT molecular complexity index is 348. The van der Waals surface area contributed by atoms with E-state index in [4.69, 9.17) is 0 Å². The van der Waals surface area contributed by atoms with E-state index in [2.05, 4.69) is 42.4 Å². The van der Waals surface area contributed by atoms with Crippen molar-refractivity contribution in [1.82, 2.24) is 14.7 Å². The van der Waals surface area contributed by atoms with E-state index in [0.29, 0.717) is 11.8 Å². The molecule has 0 aromatic heterocycles. The summed E-state index contributed by atoms with van der Waals surface area (Å²) in [5, 5.41) is 0. The number of nitrogens with zero attached hydrogens (tertiary/aromatic N) is 3. The van der Waals surface area contributed by atoms with Crippen LogP contribution in [0.1, 0.15) is 47.0 Å². The van der Waals surface area contributed by atoms with Crippen molar-refractivity contribution in [3.63, 3.8) is 0 Å². The number of carbonyl (C=O) groups excluding carboxylic acids is 1. The minimum atomic E-state index is 0.166. The van der Waals surface area contributed by atoms with Gasteiger partial charge in [-0.25, -0.2) is 0 Å². The molecule has 2 heterocycles. The third-order valence-electron chi connectivity index (χ3n) is 5.12. The van der Waals surface area contributed by atoms with Crippen molar-refractivity contribution >= 4 is 5.91 Å². The molecule has 2 aliphatic heterocycles. The van der Waals surface area contributed by atoms with Gasteiger partial charge in [0.25, 0.3) is 0 Å². The fourth-order valence-corrected chi connectivity index (χ4v) is 3.44. The lowest BCUT2D eigenvalue weighted by molar-refractivity contribution is -0.132. The smallest absolute Gasteiger partial charge is 0.239 e. The lowest BCUT2D eigenvalue weighted by atomic mass is 10.1. The minimum Gasteiger partial charge on any atom is -0.341 e. The fraction of sp³-hybridized carbons (Fsp3) is 0.944. The Kier molecular flexibility index (Phi) is 6.69. The topological polar surface area (TPSA) is 26.8 Å². The van der Waals surface area contributed by atoms with E-state index < -0.39 is 0 Å². The third-order valence-corrected chi connectivity index (χ3v) is 5.12. The van der Waals surface area contributed by atoms with Crippen molar-refractivity contribution in [2.45, 2.75) is 53.0 Å². The van der Waals surface area contributed by atoms with Gasteiger partial charge in [0, 0.05) is 39.3 Å². The molecular formula is C18H35N3O. The molecule has 4 heteroatoms. The zero-order chi connectivity index (χ0) is 16.1. The van der Waals surface area contributed by atoms with Crippen LogP contribution in [0.4, 0.5) is 0 Å². The van der Waals surface area contributed by atoms with Crippen molar-refractivity contribution in [1.29, 1.82) is 0 Å². The van der Waals surface area contributed by atoms with Crippen molar-refractivity contribution in [2.24, 2.45) is 11.8 Å². The summed E-state index contributed by atoms with van der Waals surface area (Å²) >= 11 is 0. The highest BCUT2D eigenvalue weighted by Gasteiger charge is 2.36. The molecule has 0 aromatic rings. The molecule has 128 valence electrons. The molecule has 0 saturated carbocycles. The predicted molar refractivity (Wildman–Crippen MR) is 91.9 cm³/mol. The highest BCUT2D eigenvalue weighted by atomic mass is 16.2. The van der Waals surface area contributed by atoms with Crippen LogP contribution in [0, 0.1) is 11.8 Å². The van der Waals surface area contributed by atoms with E-state index in [1.807, 2.05) is 0 Å². The second-order valence-electron chi connectivity index (χ2n) is 7.87. The molecule has 1 amide bonds. The zero-order valence-corrected chi connectivity index (χ0v) is 15.1. The van der Waals surface area contributed by atoms with Gasteiger partial charge in [-0.05, 0) is 37.6 Å². The largest absolute Gasteiger partial charge is 0.341 e. The summed E-state index contributed by atoms with van der Waals surface area (Å²) in [6, 6.07) is 0.166. The summed E-state index contributed by atoms with van der Waals surface area (Å²) in [5.74, 6) is 1.84. The molecule has 2 rings (SSSR count). The predicted octanol–water partition coefficient (Wildman–Crippen LogP) is 2.30. The Morgan fingerprint density at radius 1 is 0.909 bits per heavy atom. The van der Waals surface area contributed by atoms with Crippen molar-refractivity contribution in [3.8, 4) is 0 Å². The monoisotopic (exact) mass is 309 g/mol. The van der Waals surface area contributed by atoms with Crippen LogP contribution in [0.15, 0.2) is 0 Å². The van der Waals surface area contributed by atoms with Gasteiger partial charge in [0.2, 0.25) is 5.91 Å². The van der Waals surface area contributed by atoms with Gasteiger partial charge in [-0.15, -0.1) is 0 Å². The summed E-state index contributed by atoms with van der Waals surface area (Å²) in [4.78, 5) is 19.7. The SMILES string of the molecule is CC(C)CCN1CCN(C2CCN(CCC(C)C)C2=O)CC1. The molecule has 22 heavy (non-hydrogen) atoms. The summed E-state index contributed by atoms with van der Waals surface area (Å²) in [7, 11) is 0. The number of hydrogen-bond donors (Lipinski definition) is 0. The van der Waals surface area contributed by atoms with Crippen LogP contribution in [0.25, 0.3) is 0 Å². The van der Waals surface area contributed by atoms with E-state index in [1.54, 1.807) is 0 Å². The first-order chi connectivity index (χ1) is 10.5. The number of amides is 1. The van der Waals surface area contributed by atoms with Crippen LogP contribution >= 0.6 is 0 Å². The Morgan fingerprint density at radius 2 is 1.50 bits per heavy atom. The molecule has 0 radical (unpaired) electrons. The molecule has 0 bridgehead atoms. The summed E-state index contributed by atoms with van der Waals surface area (Å²) < 4.78 is 0. The molecule has 0 spiro atoms. The average Bonchev–Trinajstić information content (AvgIpc) is 2.84. The average molecular weight is 309 g/mol. The van der Waals surface area contributed by atoms with Gasteiger partial charge in [0.15, 0.2) is 0 Å². The Balaban J connectivity index is 1.74. The normalized spacial score (nSPS) is 24.9. The molecular weight excluding hydrogens is 274 g/mol. The van der Waals surface area contributed by atoms with Gasteiger partial charge in [-0.2, -0.15) is 0 Å². The molecule has 0 N–H and O–H groups in total. The van der Waals surface area contributed by atoms with Crippen LogP contribution in [-0.4, -0.2) is 72.5 Å². The van der Waals surface area contributed by atoms with Gasteiger partial charge in [-0.3, -0.25) is 9.69 Å². The van der Waals surface area contributed by atoms with Gasteiger partial charge < -0.3 is 9.80 Å². The second kappa shape index (κ2) is 8.30. The second-order valence-corrected chi connectivity index (χ2v) is 7.87. The maximum absolute atomic E-state index is 12.6. The molecule has 1 unspecified atom stereocenters. The summed E-state index contributed by atoms with van der Waals surface area (Å²) in [6.07, 6.45) is 3.44. The lowest BCUT2D eigenvalue weighted by Gasteiger charge is -2.37. The van der Waals surface area contributed by atoms with Gasteiger partial charge in [0.05, 0.1) is 6.04 Å². The summed E-state index contributed by atoms with van der Waals surface area (Å²) in [5.41, 5.74) is 0. The third kappa shape index (κ3) is 4.95. The number of hydrogen-bond acceptors (Lipinski definition) is 3. The number of rotatable bonds is 7. The molecule has 2 saturated heterocycles. The Hall–Kier alpha value is -0.610. The van der Waals surface area contributed by atoms with Crippen LogP contribution in [0.3, 0.4) is 0 Å². The van der Waals surface area contributed by atoms with Crippen LogP contribution in [0.2, 0.25) is 0 Å². The van der Waals surface area contributed by atoms with Crippen molar-refractivity contribution in [2.75, 3.05) is 45.8 Å². The highest BCUT2D eigenvalue weighted by molar-refractivity contribution is 5.84. The fourth-order valence-electron chi connectivity index (χ4n) is 3.44. The number of likely N-dealkylation sites (tertiary alicyclic amines) is 1. The molecule has 2 fully saturated rings. The molecule has 0 aliphatic carbocycles. The van der Waals surface area contributed by atoms with Crippen molar-refractivity contribution < 1.29 is 4.79 Å². The summed E-state index contributed by atoms with van der Waals surface area (Å²) in [6.45, 7) is 16.5. The van der Waals surface area contributed by atoms with E-state index in [0.717, 1.165) is 58.0 Å². The standard InChI is InChI=1S/C18H35N3O/c1-15(2)5-8-19-11-13-20(14-12-19)17-7-10-21(18(17)22)9-6-16(3)4/h15-17H,5-14H2,1-4H3. The maximum Gasteiger partial charge on any atom is 0.239 e. The first-order valence-corrected chi connectivity index (χ1v) is 9.22. The lowest BCUT2D eigenvalue weighted by Crippen LogP contribution is -2.52. The zero-order valence-electron chi connectivity index (χ0n) is 15.1. The van der Waals surface area contributed by atoms with Crippen LogP contribution in [0.5, 0.6) is 0 Å². The first-order valence-electron chi connectivity index (χ1n) is 9.22. The van der Waals surface area contributed by atoms with Crippen molar-refractivity contribution in [3.05, 3.63) is 0 Å². The Labute approximate surface area is 136 Å². The number of carbonyl (C=O) groups is 1. The maximum atomic E-state index is 12.6. The molecule has 4 nitrogen and oxygen atoms in total. The highest BCUT2D eigenvalue weighted by Crippen LogP contribution is 2.20. The van der Waals surface area contributed by atoms with E-state index >= 15 is 0 Å². The van der Waals surface area contributed by atoms with Crippen LogP contribution < -0.4 is 0 Å². The molecule has 2 aliphatic rings. The quantitative estimate of drug-likeness (QED) is 0.722. The van der Waals surface area contributed by atoms with Gasteiger partial charge in [0.1, 0.15) is 0 Å². The number of piperazine rings is 1. The van der Waals surface area contributed by atoms with E-state index in [-0.39, 0.29) is 6.04 Å². The molecule has 0 aromatic carbocycles. The van der Waals surface area contributed by atoms with Gasteiger partial charge >= 0.3 is 0 Å². The van der Waals surface area contributed by atoms with Gasteiger partial charge in [-0.1, -0.05) is 27.7 Å². The van der Waals surface area contributed by atoms with Crippen LogP contribution in [-0.2, 0) is 4.79 Å². The minimum absolute atomic E-state index is 0.166. The van der Waals surface area contributed by atoms with E-state index in [1.165, 1.54) is 13.0 Å². The van der Waals surface area contributed by atoms with E-state index in [9.17, 15) is 4.79 Å².